The van der Waals surface area contributed by atoms with Crippen LogP contribution in [-0.4, -0.2) is 19.2 Å². The fraction of sp³-hybridized carbons (Fsp3) is 0.364. The van der Waals surface area contributed by atoms with Gasteiger partial charge in [0, 0.05) is 0 Å². The molecule has 0 saturated carbocycles. The largest absolute Gasteiger partial charge is 0.466 e. The molecule has 0 radical (unpaired) electrons. The van der Waals surface area contributed by atoms with E-state index < -0.39 is 12.6 Å². The molecule has 0 aliphatic rings. The lowest BCUT2D eigenvalue weighted by Gasteiger charge is -2.12. The molecule has 0 bridgehead atoms. The Morgan fingerprint density at radius 2 is 2.06 bits per heavy atom. The van der Waals surface area contributed by atoms with E-state index in [4.69, 9.17) is 16.2 Å². The second-order valence-corrected chi connectivity index (χ2v) is 3.46. The highest BCUT2D eigenvalue weighted by Crippen LogP contribution is 2.30. The first-order valence-corrected chi connectivity index (χ1v) is 5.22. The van der Waals surface area contributed by atoms with Crippen LogP contribution in [0.4, 0.5) is 20.2 Å². The molecule has 0 heterocycles. The topological polar surface area (TPSA) is 87.6 Å². The van der Waals surface area contributed by atoms with Gasteiger partial charge in [0.25, 0.3) is 0 Å². The van der Waals surface area contributed by atoms with E-state index in [1.807, 2.05) is 0 Å². The standard InChI is InChI=1S/C11H14F2N2O3/c1-2-17-9(16)5-6-3-7(14)10(15)8(4-6)18-11(12)13/h3-4,11H,2,5,14-15H2,1H3. The zero-order valence-electron chi connectivity index (χ0n) is 9.78. The molecule has 0 unspecified atom stereocenters. The van der Waals surface area contributed by atoms with Crippen molar-refractivity contribution in [2.24, 2.45) is 0 Å². The lowest BCUT2D eigenvalue weighted by atomic mass is 10.1. The van der Waals surface area contributed by atoms with E-state index in [-0.39, 0.29) is 30.2 Å². The maximum atomic E-state index is 12.1. The molecule has 7 heteroatoms. The minimum absolute atomic E-state index is 0.0763. The summed E-state index contributed by atoms with van der Waals surface area (Å²) >= 11 is 0. The van der Waals surface area contributed by atoms with Gasteiger partial charge in [0.1, 0.15) is 0 Å². The van der Waals surface area contributed by atoms with Crippen molar-refractivity contribution in [3.63, 3.8) is 0 Å². The van der Waals surface area contributed by atoms with Gasteiger partial charge in [-0.25, -0.2) is 0 Å². The summed E-state index contributed by atoms with van der Waals surface area (Å²) in [7, 11) is 0. The average molecular weight is 260 g/mol. The second-order valence-electron chi connectivity index (χ2n) is 3.46. The number of carbonyl (C=O) groups excluding carboxylic acids is 1. The first kappa shape index (κ1) is 14.0. The van der Waals surface area contributed by atoms with Crippen molar-refractivity contribution >= 4 is 17.3 Å². The van der Waals surface area contributed by atoms with Gasteiger partial charge >= 0.3 is 12.6 Å². The van der Waals surface area contributed by atoms with Crippen LogP contribution in [0.1, 0.15) is 12.5 Å². The molecule has 0 atom stereocenters. The number of anilines is 2. The number of benzene rings is 1. The molecule has 0 amide bonds. The third-order valence-corrected chi connectivity index (χ3v) is 2.10. The number of hydrogen-bond acceptors (Lipinski definition) is 5. The van der Waals surface area contributed by atoms with Gasteiger partial charge < -0.3 is 20.9 Å². The Labute approximate surface area is 103 Å². The molecule has 0 spiro atoms. The second kappa shape index (κ2) is 6.04. The number of carbonyl (C=O) groups is 1. The Balaban J connectivity index is 2.93. The van der Waals surface area contributed by atoms with Crippen LogP contribution < -0.4 is 16.2 Å². The molecular formula is C11H14F2N2O3. The third kappa shape index (κ3) is 3.76. The molecule has 4 N–H and O–H groups in total. The number of hydrogen-bond donors (Lipinski definition) is 2. The smallest absolute Gasteiger partial charge is 0.387 e. The Bertz CT molecular complexity index is 439. The van der Waals surface area contributed by atoms with Crippen molar-refractivity contribution in [2.75, 3.05) is 18.1 Å². The molecule has 0 aliphatic carbocycles. The number of rotatable bonds is 5. The maximum absolute atomic E-state index is 12.1. The predicted octanol–water partition coefficient (Wildman–Crippen LogP) is 1.56. The highest BCUT2D eigenvalue weighted by atomic mass is 19.3. The third-order valence-electron chi connectivity index (χ3n) is 2.10. The first-order valence-electron chi connectivity index (χ1n) is 5.22. The molecule has 1 rings (SSSR count). The number of alkyl halides is 2. The first-order chi connectivity index (χ1) is 8.43. The van der Waals surface area contributed by atoms with Gasteiger partial charge in [0.05, 0.1) is 24.4 Å². The van der Waals surface area contributed by atoms with Crippen molar-refractivity contribution in [1.29, 1.82) is 0 Å². The predicted molar refractivity (Wildman–Crippen MR) is 62.2 cm³/mol. The van der Waals surface area contributed by atoms with Crippen molar-refractivity contribution in [3.8, 4) is 5.75 Å². The van der Waals surface area contributed by atoms with Crippen LogP contribution >= 0.6 is 0 Å². The van der Waals surface area contributed by atoms with Crippen molar-refractivity contribution < 1.29 is 23.0 Å². The molecule has 100 valence electrons. The molecule has 0 aromatic heterocycles. The quantitative estimate of drug-likeness (QED) is 0.619. The van der Waals surface area contributed by atoms with E-state index in [9.17, 15) is 13.6 Å². The highest BCUT2D eigenvalue weighted by Gasteiger charge is 2.13. The summed E-state index contributed by atoms with van der Waals surface area (Å²) in [4.78, 5) is 11.3. The molecule has 0 fully saturated rings. The van der Waals surface area contributed by atoms with Gasteiger partial charge in [-0.05, 0) is 24.6 Å². The molecule has 0 aliphatic heterocycles. The van der Waals surface area contributed by atoms with Gasteiger partial charge in [-0.3, -0.25) is 4.79 Å². The number of esters is 1. The van der Waals surface area contributed by atoms with Crippen molar-refractivity contribution in [1.82, 2.24) is 0 Å². The summed E-state index contributed by atoms with van der Waals surface area (Å²) in [5.41, 5.74) is 11.4. The molecule has 5 nitrogen and oxygen atoms in total. The SMILES string of the molecule is CCOC(=O)Cc1cc(N)c(N)c(OC(F)F)c1. The lowest BCUT2D eigenvalue weighted by molar-refractivity contribution is -0.142. The number of nitrogens with two attached hydrogens (primary N) is 2. The average Bonchev–Trinajstić information content (AvgIpc) is 2.24. The van der Waals surface area contributed by atoms with E-state index in [2.05, 4.69) is 4.74 Å². The monoisotopic (exact) mass is 260 g/mol. The van der Waals surface area contributed by atoms with E-state index in [1.165, 1.54) is 12.1 Å². The van der Waals surface area contributed by atoms with Crippen LogP contribution in [0.15, 0.2) is 12.1 Å². The van der Waals surface area contributed by atoms with Crippen LogP contribution in [0.2, 0.25) is 0 Å². The highest BCUT2D eigenvalue weighted by molar-refractivity contribution is 5.77. The minimum Gasteiger partial charge on any atom is -0.466 e. The van der Waals surface area contributed by atoms with Gasteiger partial charge in [-0.2, -0.15) is 8.78 Å². The fourth-order valence-corrected chi connectivity index (χ4v) is 1.38. The van der Waals surface area contributed by atoms with Gasteiger partial charge in [0.2, 0.25) is 0 Å². The van der Waals surface area contributed by atoms with Crippen LogP contribution in [-0.2, 0) is 16.0 Å². The maximum Gasteiger partial charge on any atom is 0.387 e. The molecule has 0 saturated heterocycles. The Kier molecular flexibility index (Phi) is 4.70. The van der Waals surface area contributed by atoms with E-state index >= 15 is 0 Å². The number of nitrogen functional groups attached to an aromatic ring is 2. The molecule has 1 aromatic carbocycles. The number of ether oxygens (including phenoxy) is 2. The molecular weight excluding hydrogens is 246 g/mol. The summed E-state index contributed by atoms with van der Waals surface area (Å²) < 4.78 is 33.2. The van der Waals surface area contributed by atoms with Crippen LogP contribution in [0, 0.1) is 0 Å². The summed E-state index contributed by atoms with van der Waals surface area (Å²) in [6, 6.07) is 2.67. The minimum atomic E-state index is -3.01. The summed E-state index contributed by atoms with van der Waals surface area (Å²) in [6.45, 7) is -1.10. The van der Waals surface area contributed by atoms with E-state index in [0.29, 0.717) is 5.56 Å². The zero-order valence-corrected chi connectivity index (χ0v) is 9.78. The van der Waals surface area contributed by atoms with Crippen LogP contribution in [0.5, 0.6) is 5.75 Å². The zero-order chi connectivity index (χ0) is 13.7. The summed E-state index contributed by atoms with van der Waals surface area (Å²) in [5, 5.41) is 0. The van der Waals surface area contributed by atoms with Crippen LogP contribution in [0.3, 0.4) is 0 Å². The van der Waals surface area contributed by atoms with Crippen molar-refractivity contribution in [2.45, 2.75) is 20.0 Å². The Morgan fingerprint density at radius 1 is 1.39 bits per heavy atom. The normalized spacial score (nSPS) is 10.4. The van der Waals surface area contributed by atoms with Gasteiger partial charge in [-0.15, -0.1) is 0 Å². The number of halogens is 2. The van der Waals surface area contributed by atoms with Gasteiger partial charge in [-0.1, -0.05) is 0 Å². The van der Waals surface area contributed by atoms with E-state index in [1.54, 1.807) is 6.92 Å². The summed E-state index contributed by atoms with van der Waals surface area (Å²) in [5.74, 6) is -0.728. The van der Waals surface area contributed by atoms with Crippen molar-refractivity contribution in [3.05, 3.63) is 17.7 Å². The van der Waals surface area contributed by atoms with Gasteiger partial charge in [0.15, 0.2) is 5.75 Å². The molecule has 1 aromatic rings. The lowest BCUT2D eigenvalue weighted by Crippen LogP contribution is -2.10. The van der Waals surface area contributed by atoms with E-state index in [0.717, 1.165) is 0 Å². The Morgan fingerprint density at radius 3 is 2.61 bits per heavy atom. The fourth-order valence-electron chi connectivity index (χ4n) is 1.38. The Hall–Kier alpha value is -2.05. The van der Waals surface area contributed by atoms with Crippen LogP contribution in [0.25, 0.3) is 0 Å². The molecule has 18 heavy (non-hydrogen) atoms. The summed E-state index contributed by atoms with van der Waals surface area (Å²) in [6.07, 6.45) is -0.0854.